The molecular weight excluding hydrogens is 315 g/mol. The second kappa shape index (κ2) is 7.63. The van der Waals surface area contributed by atoms with Crippen molar-refractivity contribution in [3.05, 3.63) is 35.6 Å². The maximum atomic E-state index is 13.7. The van der Waals surface area contributed by atoms with Crippen LogP contribution in [0.1, 0.15) is 38.2 Å². The van der Waals surface area contributed by atoms with Gasteiger partial charge in [0.2, 0.25) is 5.91 Å². The maximum absolute atomic E-state index is 13.7. The summed E-state index contributed by atoms with van der Waals surface area (Å²) in [6, 6.07) is 6.74. The molecule has 3 atom stereocenters. The molecule has 3 nitrogen and oxygen atoms in total. The van der Waals surface area contributed by atoms with Crippen LogP contribution in [0.15, 0.2) is 24.3 Å². The zero-order valence-electron chi connectivity index (χ0n) is 13.6. The van der Waals surface area contributed by atoms with E-state index in [9.17, 15) is 9.18 Å². The molecule has 128 valence electrons. The number of carbonyl (C=O) groups is 1. The van der Waals surface area contributed by atoms with Crippen molar-refractivity contribution in [1.82, 2.24) is 10.6 Å². The fourth-order valence-electron chi connectivity index (χ4n) is 4.10. The Bertz CT molecular complexity index is 554. The number of nitrogens with one attached hydrogen (secondary N) is 2. The lowest BCUT2D eigenvalue weighted by Gasteiger charge is -2.38. The molecule has 1 amide bonds. The molecule has 1 saturated heterocycles. The lowest BCUT2D eigenvalue weighted by atomic mass is 9.67. The minimum atomic E-state index is -0.234. The fraction of sp³-hybridized carbons (Fsp3) is 0.611. The average Bonchev–Trinajstić information content (AvgIpc) is 2.94. The van der Waals surface area contributed by atoms with Crippen LogP contribution in [0, 0.1) is 17.2 Å². The smallest absolute Gasteiger partial charge is 0.228 e. The van der Waals surface area contributed by atoms with Gasteiger partial charge in [0, 0.05) is 12.6 Å². The van der Waals surface area contributed by atoms with Crippen molar-refractivity contribution in [2.24, 2.45) is 11.3 Å². The molecule has 0 aromatic heterocycles. The Hall–Kier alpha value is -1.13. The highest BCUT2D eigenvalue weighted by atomic mass is 35.5. The van der Waals surface area contributed by atoms with Gasteiger partial charge in [-0.3, -0.25) is 4.79 Å². The summed E-state index contributed by atoms with van der Waals surface area (Å²) in [4.78, 5) is 12.8. The van der Waals surface area contributed by atoms with Crippen molar-refractivity contribution >= 4 is 18.3 Å². The van der Waals surface area contributed by atoms with Gasteiger partial charge in [0.25, 0.3) is 0 Å². The van der Waals surface area contributed by atoms with Crippen LogP contribution in [0.4, 0.5) is 4.39 Å². The first-order valence-corrected chi connectivity index (χ1v) is 8.37. The summed E-state index contributed by atoms with van der Waals surface area (Å²) < 4.78 is 13.7. The van der Waals surface area contributed by atoms with Crippen LogP contribution in [0.5, 0.6) is 0 Å². The highest BCUT2D eigenvalue weighted by Gasteiger charge is 2.49. The van der Waals surface area contributed by atoms with Crippen LogP contribution in [0.25, 0.3) is 0 Å². The second-order valence-electron chi connectivity index (χ2n) is 6.90. The summed E-state index contributed by atoms with van der Waals surface area (Å²) >= 11 is 0. The molecule has 2 aliphatic rings. The van der Waals surface area contributed by atoms with Crippen LogP contribution in [0.3, 0.4) is 0 Å². The van der Waals surface area contributed by atoms with E-state index in [1.807, 2.05) is 13.0 Å². The zero-order chi connectivity index (χ0) is 15.6. The van der Waals surface area contributed by atoms with E-state index in [4.69, 9.17) is 0 Å². The van der Waals surface area contributed by atoms with E-state index in [1.165, 1.54) is 12.5 Å². The third-order valence-electron chi connectivity index (χ3n) is 5.35. The van der Waals surface area contributed by atoms with Gasteiger partial charge in [0.15, 0.2) is 0 Å². The number of rotatable bonds is 4. The molecule has 1 aromatic rings. The highest BCUT2D eigenvalue weighted by Crippen LogP contribution is 2.43. The first-order chi connectivity index (χ1) is 10.6. The van der Waals surface area contributed by atoms with E-state index in [0.29, 0.717) is 17.9 Å². The van der Waals surface area contributed by atoms with E-state index < -0.39 is 0 Å². The summed E-state index contributed by atoms with van der Waals surface area (Å²) in [6.07, 6.45) is 5.01. The molecular formula is C18H26ClFN2O. The molecule has 2 N–H and O–H groups in total. The van der Waals surface area contributed by atoms with Gasteiger partial charge in [-0.2, -0.15) is 0 Å². The quantitative estimate of drug-likeness (QED) is 0.884. The Labute approximate surface area is 143 Å². The maximum Gasteiger partial charge on any atom is 0.228 e. The molecule has 1 aliphatic heterocycles. The minimum Gasteiger partial charge on any atom is -0.353 e. The predicted molar refractivity (Wildman–Crippen MR) is 92.2 cm³/mol. The van der Waals surface area contributed by atoms with Crippen molar-refractivity contribution in [3.8, 4) is 0 Å². The number of carbonyl (C=O) groups excluding carboxylic acids is 1. The molecule has 1 aromatic carbocycles. The molecule has 2 fully saturated rings. The van der Waals surface area contributed by atoms with Gasteiger partial charge in [0.05, 0.1) is 5.41 Å². The second-order valence-corrected chi connectivity index (χ2v) is 6.90. The normalized spacial score (nSPS) is 27.7. The average molecular weight is 341 g/mol. The van der Waals surface area contributed by atoms with Crippen molar-refractivity contribution in [2.45, 2.75) is 45.1 Å². The number of hydrogen-bond donors (Lipinski definition) is 2. The predicted octanol–water partition coefficient (Wildman–Crippen LogP) is 3.07. The monoisotopic (exact) mass is 340 g/mol. The lowest BCUT2D eigenvalue weighted by molar-refractivity contribution is -0.134. The SMILES string of the molecule is CC(Cc1ccccc1F)NC(=O)[C@@]12CCCC[C@H]1CNC2.Cl. The van der Waals surface area contributed by atoms with Gasteiger partial charge in [-0.1, -0.05) is 31.0 Å². The van der Waals surface area contributed by atoms with E-state index >= 15 is 0 Å². The molecule has 1 saturated carbocycles. The number of hydrogen-bond acceptors (Lipinski definition) is 2. The van der Waals surface area contributed by atoms with Gasteiger partial charge in [-0.15, -0.1) is 12.4 Å². The topological polar surface area (TPSA) is 41.1 Å². The largest absolute Gasteiger partial charge is 0.353 e. The molecule has 1 heterocycles. The number of halogens is 2. The van der Waals surface area contributed by atoms with Crippen molar-refractivity contribution < 1.29 is 9.18 Å². The van der Waals surface area contributed by atoms with Crippen molar-refractivity contribution in [1.29, 1.82) is 0 Å². The van der Waals surface area contributed by atoms with Crippen molar-refractivity contribution in [3.63, 3.8) is 0 Å². The van der Waals surface area contributed by atoms with Gasteiger partial charge in [-0.25, -0.2) is 4.39 Å². The van der Waals surface area contributed by atoms with Gasteiger partial charge in [-0.05, 0) is 50.3 Å². The minimum absolute atomic E-state index is 0. The Kier molecular flexibility index (Phi) is 6.04. The summed E-state index contributed by atoms with van der Waals surface area (Å²) in [7, 11) is 0. The van der Waals surface area contributed by atoms with E-state index in [-0.39, 0.29) is 35.6 Å². The third-order valence-corrected chi connectivity index (χ3v) is 5.35. The van der Waals surface area contributed by atoms with Crippen molar-refractivity contribution in [2.75, 3.05) is 13.1 Å². The Morgan fingerprint density at radius 3 is 3.00 bits per heavy atom. The zero-order valence-corrected chi connectivity index (χ0v) is 14.4. The molecule has 1 unspecified atom stereocenters. The third kappa shape index (κ3) is 3.69. The van der Waals surface area contributed by atoms with E-state index in [1.54, 1.807) is 12.1 Å². The molecule has 0 spiro atoms. The Morgan fingerprint density at radius 2 is 2.22 bits per heavy atom. The first kappa shape index (κ1) is 18.2. The van der Waals surface area contributed by atoms with Crippen LogP contribution >= 0.6 is 12.4 Å². The van der Waals surface area contributed by atoms with Gasteiger partial charge < -0.3 is 10.6 Å². The molecule has 0 bridgehead atoms. The summed E-state index contributed by atoms with van der Waals surface area (Å²) in [5.74, 6) is 0.424. The molecule has 5 heteroatoms. The van der Waals surface area contributed by atoms with Crippen LogP contribution < -0.4 is 10.6 Å². The van der Waals surface area contributed by atoms with E-state index in [0.717, 1.165) is 32.4 Å². The molecule has 3 rings (SSSR count). The molecule has 0 radical (unpaired) electrons. The Balaban J connectivity index is 0.00000192. The van der Waals surface area contributed by atoms with Crippen LogP contribution in [-0.4, -0.2) is 25.0 Å². The van der Waals surface area contributed by atoms with E-state index in [2.05, 4.69) is 10.6 Å². The Morgan fingerprint density at radius 1 is 1.43 bits per heavy atom. The number of fused-ring (bicyclic) bond motifs is 1. The van der Waals surface area contributed by atoms with Crippen LogP contribution in [-0.2, 0) is 11.2 Å². The summed E-state index contributed by atoms with van der Waals surface area (Å²) in [5.41, 5.74) is 0.430. The highest BCUT2D eigenvalue weighted by molar-refractivity contribution is 5.85. The lowest BCUT2D eigenvalue weighted by Crippen LogP contribution is -2.50. The summed E-state index contributed by atoms with van der Waals surface area (Å²) in [5, 5.41) is 6.54. The first-order valence-electron chi connectivity index (χ1n) is 8.37. The fourth-order valence-corrected chi connectivity index (χ4v) is 4.10. The molecule has 1 aliphatic carbocycles. The molecule has 23 heavy (non-hydrogen) atoms. The van der Waals surface area contributed by atoms with Gasteiger partial charge >= 0.3 is 0 Å². The van der Waals surface area contributed by atoms with Crippen LogP contribution in [0.2, 0.25) is 0 Å². The standard InChI is InChI=1S/C18H25FN2O.ClH/c1-13(10-14-6-2-3-8-16(14)19)21-17(22)18-9-5-4-7-15(18)11-20-12-18;/h2-3,6,8,13,15,20H,4-5,7,9-12H2,1H3,(H,21,22);1H/t13?,15-,18+;/m0./s1. The summed E-state index contributed by atoms with van der Waals surface area (Å²) in [6.45, 7) is 3.70. The number of benzene rings is 1. The van der Waals surface area contributed by atoms with Gasteiger partial charge in [0.1, 0.15) is 5.82 Å². The number of amides is 1.